The molecule has 0 aliphatic heterocycles. The van der Waals surface area contributed by atoms with E-state index in [0.717, 1.165) is 16.7 Å². The summed E-state index contributed by atoms with van der Waals surface area (Å²) in [5.74, 6) is 2.12. The molecule has 0 spiro atoms. The molecule has 0 bridgehead atoms. The van der Waals surface area contributed by atoms with Gasteiger partial charge >= 0.3 is 0 Å². The Hall–Kier alpha value is -4.77. The Morgan fingerprint density at radius 1 is 0.737 bits per heavy atom. The first-order valence-corrected chi connectivity index (χ1v) is 12.3. The standard InChI is InChI=1S/C33H30O5/c1-3-20-36-28-16-14-27(32(21-28)35-2)15-19-31(34)30-18-17-29(37-23-25-10-6-4-7-11-25)22-33(30)38-24-26-12-8-5-9-13-26/h3-22H,23-24H2,1-2H3. The fourth-order valence-electron chi connectivity index (χ4n) is 3.70. The number of benzene rings is 4. The zero-order valence-electron chi connectivity index (χ0n) is 21.5. The molecule has 4 aromatic rings. The molecule has 0 aliphatic rings. The molecule has 0 amide bonds. The predicted molar refractivity (Wildman–Crippen MR) is 150 cm³/mol. The lowest BCUT2D eigenvalue weighted by Gasteiger charge is -2.13. The molecule has 5 nitrogen and oxygen atoms in total. The van der Waals surface area contributed by atoms with Gasteiger partial charge in [-0.3, -0.25) is 4.79 Å². The second kappa shape index (κ2) is 13.5. The maximum Gasteiger partial charge on any atom is 0.189 e. The molecule has 0 radical (unpaired) electrons. The van der Waals surface area contributed by atoms with Crippen molar-refractivity contribution >= 4 is 11.9 Å². The monoisotopic (exact) mass is 506 g/mol. The third-order valence-electron chi connectivity index (χ3n) is 5.66. The van der Waals surface area contributed by atoms with Gasteiger partial charge in [-0.1, -0.05) is 66.7 Å². The first-order chi connectivity index (χ1) is 18.7. The van der Waals surface area contributed by atoms with E-state index in [9.17, 15) is 4.79 Å². The highest BCUT2D eigenvalue weighted by molar-refractivity contribution is 6.08. The van der Waals surface area contributed by atoms with Crippen LogP contribution in [0.4, 0.5) is 0 Å². The number of ketones is 1. The van der Waals surface area contributed by atoms with Crippen molar-refractivity contribution in [3.63, 3.8) is 0 Å². The van der Waals surface area contributed by atoms with E-state index in [-0.39, 0.29) is 5.78 Å². The van der Waals surface area contributed by atoms with Crippen molar-refractivity contribution in [3.8, 4) is 23.0 Å². The lowest BCUT2D eigenvalue weighted by atomic mass is 10.1. The third-order valence-corrected chi connectivity index (χ3v) is 5.66. The van der Waals surface area contributed by atoms with E-state index in [0.29, 0.717) is 41.8 Å². The topological polar surface area (TPSA) is 54.0 Å². The molecular weight excluding hydrogens is 476 g/mol. The average Bonchev–Trinajstić information content (AvgIpc) is 2.98. The van der Waals surface area contributed by atoms with Crippen LogP contribution in [0, 0.1) is 0 Å². The smallest absolute Gasteiger partial charge is 0.189 e. The summed E-state index contributed by atoms with van der Waals surface area (Å²) in [6.07, 6.45) is 6.63. The zero-order valence-corrected chi connectivity index (χ0v) is 21.5. The van der Waals surface area contributed by atoms with Crippen LogP contribution in [0.15, 0.2) is 115 Å². The van der Waals surface area contributed by atoms with Gasteiger partial charge in [-0.15, -0.1) is 0 Å². The highest BCUT2D eigenvalue weighted by Crippen LogP contribution is 2.29. The quantitative estimate of drug-likeness (QED) is 0.112. The Kier molecular flexibility index (Phi) is 9.35. The minimum absolute atomic E-state index is 0.195. The maximum absolute atomic E-state index is 13.3. The number of ether oxygens (including phenoxy) is 4. The number of methoxy groups -OCH3 is 1. The number of hydrogen-bond acceptors (Lipinski definition) is 5. The van der Waals surface area contributed by atoms with Gasteiger partial charge in [0, 0.05) is 17.7 Å². The van der Waals surface area contributed by atoms with Gasteiger partial charge in [-0.05, 0) is 54.5 Å². The van der Waals surface area contributed by atoms with Crippen molar-refractivity contribution in [1.82, 2.24) is 0 Å². The van der Waals surface area contributed by atoms with Crippen LogP contribution < -0.4 is 18.9 Å². The Morgan fingerprint density at radius 2 is 1.37 bits per heavy atom. The molecule has 0 saturated carbocycles. The Bertz CT molecular complexity index is 1390. The minimum Gasteiger partial charge on any atom is -0.496 e. The summed E-state index contributed by atoms with van der Waals surface area (Å²) >= 11 is 0. The van der Waals surface area contributed by atoms with Crippen LogP contribution in [0.5, 0.6) is 23.0 Å². The summed E-state index contributed by atoms with van der Waals surface area (Å²) in [4.78, 5) is 13.3. The van der Waals surface area contributed by atoms with E-state index in [2.05, 4.69) is 0 Å². The van der Waals surface area contributed by atoms with Gasteiger partial charge in [-0.25, -0.2) is 0 Å². The largest absolute Gasteiger partial charge is 0.496 e. The molecule has 0 atom stereocenters. The summed E-state index contributed by atoms with van der Waals surface area (Å²) < 4.78 is 23.1. The van der Waals surface area contributed by atoms with Crippen LogP contribution in [0.1, 0.15) is 34.0 Å². The van der Waals surface area contributed by atoms with Gasteiger partial charge in [0.15, 0.2) is 5.78 Å². The molecule has 0 N–H and O–H groups in total. The van der Waals surface area contributed by atoms with Crippen LogP contribution in [0.2, 0.25) is 0 Å². The molecule has 0 aliphatic carbocycles. The summed E-state index contributed by atoms with van der Waals surface area (Å²) in [5, 5.41) is 0. The number of allylic oxidation sites excluding steroid dienone is 2. The van der Waals surface area contributed by atoms with E-state index in [1.54, 1.807) is 49.8 Å². The lowest BCUT2D eigenvalue weighted by Crippen LogP contribution is -2.04. The van der Waals surface area contributed by atoms with Gasteiger partial charge in [0.1, 0.15) is 36.2 Å². The maximum atomic E-state index is 13.3. The second-order valence-corrected chi connectivity index (χ2v) is 8.40. The molecule has 5 heteroatoms. The van der Waals surface area contributed by atoms with E-state index in [1.807, 2.05) is 79.7 Å². The van der Waals surface area contributed by atoms with Crippen molar-refractivity contribution in [3.05, 3.63) is 138 Å². The summed E-state index contributed by atoms with van der Waals surface area (Å²) in [7, 11) is 1.58. The Morgan fingerprint density at radius 3 is 2.03 bits per heavy atom. The first-order valence-electron chi connectivity index (χ1n) is 12.3. The van der Waals surface area contributed by atoms with Crippen LogP contribution in [-0.4, -0.2) is 12.9 Å². The van der Waals surface area contributed by atoms with Gasteiger partial charge in [0.05, 0.1) is 18.9 Å². The molecule has 38 heavy (non-hydrogen) atoms. The second-order valence-electron chi connectivity index (χ2n) is 8.40. The number of hydrogen-bond donors (Lipinski definition) is 0. The average molecular weight is 507 g/mol. The van der Waals surface area contributed by atoms with Gasteiger partial charge in [0.2, 0.25) is 0 Å². The van der Waals surface area contributed by atoms with Crippen molar-refractivity contribution in [1.29, 1.82) is 0 Å². The summed E-state index contributed by atoms with van der Waals surface area (Å²) in [6, 6.07) is 30.5. The Balaban J connectivity index is 1.55. The summed E-state index contributed by atoms with van der Waals surface area (Å²) in [5.41, 5.74) is 3.25. The van der Waals surface area contributed by atoms with Crippen molar-refractivity contribution < 1.29 is 23.7 Å². The molecule has 4 aromatic carbocycles. The van der Waals surface area contributed by atoms with E-state index < -0.39 is 0 Å². The molecule has 0 fully saturated rings. The molecule has 0 heterocycles. The normalized spacial score (nSPS) is 11.0. The first kappa shape index (κ1) is 26.3. The number of carbonyl (C=O) groups excluding carboxylic acids is 1. The molecule has 0 aromatic heterocycles. The molecule has 0 saturated heterocycles. The molecular formula is C33H30O5. The highest BCUT2D eigenvalue weighted by atomic mass is 16.5. The van der Waals surface area contributed by atoms with E-state index >= 15 is 0 Å². The predicted octanol–water partition coefficient (Wildman–Crippen LogP) is 7.66. The lowest BCUT2D eigenvalue weighted by molar-refractivity contribution is 0.104. The minimum atomic E-state index is -0.195. The van der Waals surface area contributed by atoms with Crippen molar-refractivity contribution in [2.45, 2.75) is 20.1 Å². The summed E-state index contributed by atoms with van der Waals surface area (Å²) in [6.45, 7) is 2.62. The van der Waals surface area contributed by atoms with Crippen molar-refractivity contribution in [2.75, 3.05) is 7.11 Å². The molecule has 0 unspecified atom stereocenters. The van der Waals surface area contributed by atoms with Gasteiger partial charge in [-0.2, -0.15) is 0 Å². The van der Waals surface area contributed by atoms with Crippen LogP contribution in [0.25, 0.3) is 6.08 Å². The van der Waals surface area contributed by atoms with E-state index in [1.165, 1.54) is 6.08 Å². The van der Waals surface area contributed by atoms with Gasteiger partial charge < -0.3 is 18.9 Å². The fourth-order valence-corrected chi connectivity index (χ4v) is 3.70. The van der Waals surface area contributed by atoms with Crippen LogP contribution in [-0.2, 0) is 13.2 Å². The SMILES string of the molecule is CC=COc1ccc(C=CC(=O)c2ccc(OCc3ccccc3)cc2OCc2ccccc2)c(OC)c1. The fraction of sp³-hybridized carbons (Fsp3) is 0.121. The van der Waals surface area contributed by atoms with Crippen LogP contribution >= 0.6 is 0 Å². The highest BCUT2D eigenvalue weighted by Gasteiger charge is 2.13. The Labute approximate surface area is 223 Å². The van der Waals surface area contributed by atoms with Gasteiger partial charge in [0.25, 0.3) is 0 Å². The third kappa shape index (κ3) is 7.37. The zero-order chi connectivity index (χ0) is 26.6. The number of carbonyl (C=O) groups is 1. The van der Waals surface area contributed by atoms with Crippen LogP contribution in [0.3, 0.4) is 0 Å². The van der Waals surface area contributed by atoms with E-state index in [4.69, 9.17) is 18.9 Å². The number of rotatable bonds is 12. The molecule has 4 rings (SSSR count). The molecule has 192 valence electrons. The van der Waals surface area contributed by atoms with Crippen molar-refractivity contribution in [2.24, 2.45) is 0 Å².